The maximum Gasteiger partial charge on any atom is 0.341 e. The molecule has 0 fully saturated rings. The second-order valence-electron chi connectivity index (χ2n) is 8.12. The van der Waals surface area contributed by atoms with E-state index in [-0.39, 0.29) is 30.4 Å². The van der Waals surface area contributed by atoms with Crippen LogP contribution in [-0.4, -0.2) is 44.9 Å². The van der Waals surface area contributed by atoms with Crippen LogP contribution in [0.25, 0.3) is 0 Å². The van der Waals surface area contributed by atoms with Gasteiger partial charge >= 0.3 is 5.97 Å². The maximum atomic E-state index is 13.3. The molecule has 190 valence electrons. The lowest BCUT2D eigenvalue weighted by molar-refractivity contribution is -0.113. The molecular weight excluding hydrogens is 505 g/mol. The summed E-state index contributed by atoms with van der Waals surface area (Å²) in [6.45, 7) is 2.12. The summed E-state index contributed by atoms with van der Waals surface area (Å²) >= 11 is 2.63. The number of nitrogens with zero attached hydrogens (tertiary/aromatic N) is 3. The van der Waals surface area contributed by atoms with E-state index < -0.39 is 17.7 Å². The second kappa shape index (κ2) is 11.7. The molecule has 9 nitrogen and oxygen atoms in total. The molecule has 1 aliphatic carbocycles. The fourth-order valence-electron chi connectivity index (χ4n) is 3.88. The number of ether oxygens (including phenoxy) is 1. The highest BCUT2D eigenvalue weighted by atomic mass is 32.2. The Balaban J connectivity index is 1.35. The van der Waals surface area contributed by atoms with Gasteiger partial charge in [-0.15, -0.1) is 21.5 Å². The quantitative estimate of drug-likeness (QED) is 0.319. The van der Waals surface area contributed by atoms with Gasteiger partial charge in [0.2, 0.25) is 5.91 Å². The number of thioether (sulfide) groups is 1. The molecule has 2 N–H and O–H groups in total. The minimum atomic E-state index is -0.490. The number of hydrogen-bond acceptors (Lipinski definition) is 8. The Morgan fingerprint density at radius 3 is 2.81 bits per heavy atom. The van der Waals surface area contributed by atoms with Crippen LogP contribution in [0.1, 0.15) is 56.7 Å². The molecule has 0 bridgehead atoms. The van der Waals surface area contributed by atoms with Crippen LogP contribution in [0.15, 0.2) is 29.4 Å². The van der Waals surface area contributed by atoms with E-state index in [1.165, 1.54) is 41.3 Å². The average molecular weight is 532 g/mol. The van der Waals surface area contributed by atoms with Crippen LogP contribution in [0.5, 0.6) is 0 Å². The lowest BCUT2D eigenvalue weighted by Gasteiger charge is -2.12. The standard InChI is InChI=1S/C24H26FN5O4S2/c1-3-34-23(33)20-16-9-4-5-10-17(16)36-22(20)27-19(31)13-35-24-29-28-18(30(24)2)12-26-21(32)14-7-6-8-15(25)11-14/h6-8,11H,3-5,9-10,12-13H2,1-2H3,(H,26,32)(H,27,31). The van der Waals surface area contributed by atoms with E-state index in [0.29, 0.717) is 21.5 Å². The van der Waals surface area contributed by atoms with Crippen molar-refractivity contribution in [3.63, 3.8) is 0 Å². The number of fused-ring (bicyclic) bond motifs is 1. The van der Waals surface area contributed by atoms with E-state index in [0.717, 1.165) is 42.2 Å². The summed E-state index contributed by atoms with van der Waals surface area (Å²) in [7, 11) is 1.73. The lowest BCUT2D eigenvalue weighted by Crippen LogP contribution is -2.24. The van der Waals surface area contributed by atoms with Gasteiger partial charge in [-0.25, -0.2) is 9.18 Å². The third-order valence-electron chi connectivity index (χ3n) is 5.66. The van der Waals surface area contributed by atoms with Crippen molar-refractivity contribution < 1.29 is 23.5 Å². The number of aromatic nitrogens is 3. The summed E-state index contributed by atoms with van der Waals surface area (Å²) < 4.78 is 20.3. The molecule has 2 amide bonds. The van der Waals surface area contributed by atoms with Gasteiger partial charge in [-0.05, 0) is 56.4 Å². The van der Waals surface area contributed by atoms with Crippen LogP contribution in [-0.2, 0) is 36.0 Å². The molecule has 0 saturated carbocycles. The molecule has 2 aromatic heterocycles. The first kappa shape index (κ1) is 25.8. The number of halogens is 1. The molecule has 3 aromatic rings. The van der Waals surface area contributed by atoms with Crippen LogP contribution in [0.2, 0.25) is 0 Å². The van der Waals surface area contributed by atoms with E-state index in [9.17, 15) is 18.8 Å². The molecule has 12 heteroatoms. The number of nitrogens with one attached hydrogen (secondary N) is 2. The number of hydrogen-bond donors (Lipinski definition) is 2. The number of rotatable bonds is 9. The molecule has 4 rings (SSSR count). The number of esters is 1. The highest BCUT2D eigenvalue weighted by Crippen LogP contribution is 2.38. The average Bonchev–Trinajstić information content (AvgIpc) is 3.40. The lowest BCUT2D eigenvalue weighted by atomic mass is 9.95. The summed E-state index contributed by atoms with van der Waals surface area (Å²) in [4.78, 5) is 38.7. The highest BCUT2D eigenvalue weighted by molar-refractivity contribution is 7.99. The zero-order valence-electron chi connectivity index (χ0n) is 19.9. The van der Waals surface area contributed by atoms with Crippen molar-refractivity contribution in [3.05, 3.63) is 57.5 Å². The van der Waals surface area contributed by atoms with Crippen LogP contribution in [0.3, 0.4) is 0 Å². The molecule has 0 radical (unpaired) electrons. The molecule has 0 saturated heterocycles. The van der Waals surface area contributed by atoms with Gasteiger partial charge < -0.3 is 19.9 Å². The van der Waals surface area contributed by atoms with Crippen LogP contribution in [0, 0.1) is 5.82 Å². The van der Waals surface area contributed by atoms with Crippen LogP contribution in [0.4, 0.5) is 9.39 Å². The van der Waals surface area contributed by atoms with Gasteiger partial charge in [0.15, 0.2) is 11.0 Å². The Hall–Kier alpha value is -3.25. The van der Waals surface area contributed by atoms with E-state index in [1.807, 2.05) is 0 Å². The fourth-order valence-corrected chi connectivity index (χ4v) is 5.91. The Labute approximate surface area is 215 Å². The number of benzene rings is 1. The Morgan fingerprint density at radius 2 is 2.03 bits per heavy atom. The third kappa shape index (κ3) is 5.93. The molecule has 0 spiro atoms. The normalized spacial score (nSPS) is 12.6. The number of carbonyl (C=O) groups is 3. The Morgan fingerprint density at radius 1 is 1.22 bits per heavy atom. The van der Waals surface area contributed by atoms with Gasteiger partial charge in [0.25, 0.3) is 5.91 Å². The summed E-state index contributed by atoms with van der Waals surface area (Å²) in [5.41, 5.74) is 1.68. The minimum Gasteiger partial charge on any atom is -0.462 e. The molecule has 2 heterocycles. The summed E-state index contributed by atoms with van der Waals surface area (Å²) in [5, 5.41) is 14.8. The molecule has 0 atom stereocenters. The van der Waals surface area contributed by atoms with E-state index in [2.05, 4.69) is 20.8 Å². The summed E-state index contributed by atoms with van der Waals surface area (Å²) in [6.07, 6.45) is 3.78. The van der Waals surface area contributed by atoms with E-state index in [4.69, 9.17) is 4.74 Å². The highest BCUT2D eigenvalue weighted by Gasteiger charge is 2.27. The van der Waals surface area contributed by atoms with Crippen LogP contribution >= 0.6 is 23.1 Å². The number of aryl methyl sites for hydroxylation is 1. The summed E-state index contributed by atoms with van der Waals surface area (Å²) in [5.74, 6) is -1.05. The minimum absolute atomic E-state index is 0.0620. The first-order valence-corrected chi connectivity index (χ1v) is 13.3. The van der Waals surface area contributed by atoms with Crippen molar-refractivity contribution in [3.8, 4) is 0 Å². The molecule has 1 aliphatic rings. The van der Waals surface area contributed by atoms with Crippen molar-refractivity contribution in [2.75, 3.05) is 17.7 Å². The number of amides is 2. The monoisotopic (exact) mass is 531 g/mol. The van der Waals surface area contributed by atoms with E-state index >= 15 is 0 Å². The number of thiophene rings is 1. The molecule has 1 aromatic carbocycles. The third-order valence-corrected chi connectivity index (χ3v) is 7.88. The summed E-state index contributed by atoms with van der Waals surface area (Å²) in [6, 6.07) is 5.41. The Kier molecular flexibility index (Phi) is 8.36. The Bertz CT molecular complexity index is 1290. The predicted octanol–water partition coefficient (Wildman–Crippen LogP) is 3.73. The van der Waals surface area contributed by atoms with Gasteiger partial charge in [-0.2, -0.15) is 0 Å². The molecule has 0 unspecified atom stereocenters. The van der Waals surface area contributed by atoms with Gasteiger partial charge in [0, 0.05) is 17.5 Å². The first-order valence-electron chi connectivity index (χ1n) is 11.5. The predicted molar refractivity (Wildman–Crippen MR) is 135 cm³/mol. The topological polar surface area (TPSA) is 115 Å². The van der Waals surface area contributed by atoms with Gasteiger partial charge in [0.1, 0.15) is 10.8 Å². The van der Waals surface area contributed by atoms with Gasteiger partial charge in [0.05, 0.1) is 24.5 Å². The van der Waals surface area contributed by atoms with Crippen molar-refractivity contribution in [1.82, 2.24) is 20.1 Å². The number of carbonyl (C=O) groups excluding carboxylic acids is 3. The zero-order valence-corrected chi connectivity index (χ0v) is 21.6. The van der Waals surface area contributed by atoms with Crippen molar-refractivity contribution in [2.24, 2.45) is 7.05 Å². The van der Waals surface area contributed by atoms with Crippen molar-refractivity contribution in [1.29, 1.82) is 0 Å². The molecule has 36 heavy (non-hydrogen) atoms. The van der Waals surface area contributed by atoms with Gasteiger partial charge in [-0.3, -0.25) is 9.59 Å². The molecular formula is C24H26FN5O4S2. The van der Waals surface area contributed by atoms with E-state index in [1.54, 1.807) is 18.5 Å². The van der Waals surface area contributed by atoms with Crippen molar-refractivity contribution in [2.45, 2.75) is 44.3 Å². The van der Waals surface area contributed by atoms with Gasteiger partial charge in [-0.1, -0.05) is 17.8 Å². The first-order chi connectivity index (χ1) is 17.4. The molecule has 0 aliphatic heterocycles. The van der Waals surface area contributed by atoms with Crippen LogP contribution < -0.4 is 10.6 Å². The maximum absolute atomic E-state index is 13.3. The SMILES string of the molecule is CCOC(=O)c1c(NC(=O)CSc2nnc(CNC(=O)c3cccc(F)c3)n2C)sc2c1CCCC2. The zero-order chi connectivity index (χ0) is 25.7. The fraction of sp³-hybridized carbons (Fsp3) is 0.375. The smallest absolute Gasteiger partial charge is 0.341 e. The van der Waals surface area contributed by atoms with Crippen molar-refractivity contribution >= 4 is 45.9 Å². The number of anilines is 1. The second-order valence-corrected chi connectivity index (χ2v) is 10.2. The largest absolute Gasteiger partial charge is 0.462 e.